The van der Waals surface area contributed by atoms with Crippen LogP contribution in [0.4, 0.5) is 9.52 Å². The standard InChI is InChI=1S/C22H24FN3O4S2/c1-4-28-17-11-15(12-18(29-5-2)19(17)30-6-3)20(27)24-21-25-26-22(32-21)31-13-14-7-9-16(23)10-8-14/h7-12H,4-6,13H2,1-3H3,(H,24,25,27). The highest BCUT2D eigenvalue weighted by Gasteiger charge is 2.19. The van der Waals surface area contributed by atoms with E-state index < -0.39 is 0 Å². The second kappa shape index (κ2) is 11.7. The van der Waals surface area contributed by atoms with Crippen molar-refractivity contribution in [2.45, 2.75) is 30.9 Å². The number of rotatable bonds is 11. The summed E-state index contributed by atoms with van der Waals surface area (Å²) in [6, 6.07) is 9.54. The molecule has 32 heavy (non-hydrogen) atoms. The summed E-state index contributed by atoms with van der Waals surface area (Å²) >= 11 is 2.73. The summed E-state index contributed by atoms with van der Waals surface area (Å²) in [5.74, 6) is 1.35. The molecule has 1 N–H and O–H groups in total. The van der Waals surface area contributed by atoms with Crippen LogP contribution in [0.2, 0.25) is 0 Å². The first-order valence-corrected chi connectivity index (χ1v) is 11.9. The third-order valence-corrected chi connectivity index (χ3v) is 6.12. The Hall–Kier alpha value is -2.85. The first kappa shape index (κ1) is 23.8. The fraction of sp³-hybridized carbons (Fsp3) is 0.318. The lowest BCUT2D eigenvalue weighted by Gasteiger charge is -2.16. The van der Waals surface area contributed by atoms with Gasteiger partial charge in [0.15, 0.2) is 15.8 Å². The number of nitrogens with zero attached hydrogens (tertiary/aromatic N) is 2. The Labute approximate surface area is 194 Å². The minimum atomic E-state index is -0.360. The number of nitrogens with one attached hydrogen (secondary N) is 1. The minimum absolute atomic E-state index is 0.269. The summed E-state index contributed by atoms with van der Waals surface area (Å²) in [7, 11) is 0. The molecule has 0 aliphatic heterocycles. The van der Waals surface area contributed by atoms with Gasteiger partial charge in [-0.2, -0.15) is 0 Å². The zero-order valence-electron chi connectivity index (χ0n) is 18.0. The monoisotopic (exact) mass is 477 g/mol. The van der Waals surface area contributed by atoms with Gasteiger partial charge in [0.05, 0.1) is 19.8 Å². The average molecular weight is 478 g/mol. The molecule has 7 nitrogen and oxygen atoms in total. The highest BCUT2D eigenvalue weighted by Crippen LogP contribution is 2.39. The molecular formula is C22H24FN3O4S2. The van der Waals surface area contributed by atoms with Crippen molar-refractivity contribution in [2.24, 2.45) is 0 Å². The zero-order valence-corrected chi connectivity index (χ0v) is 19.6. The van der Waals surface area contributed by atoms with Crippen molar-refractivity contribution in [3.63, 3.8) is 0 Å². The molecule has 1 heterocycles. The van der Waals surface area contributed by atoms with Crippen molar-refractivity contribution in [3.05, 3.63) is 53.3 Å². The van der Waals surface area contributed by atoms with Gasteiger partial charge >= 0.3 is 0 Å². The molecule has 0 bridgehead atoms. The average Bonchev–Trinajstić information content (AvgIpc) is 3.23. The van der Waals surface area contributed by atoms with Gasteiger partial charge in [-0.25, -0.2) is 4.39 Å². The smallest absolute Gasteiger partial charge is 0.257 e. The van der Waals surface area contributed by atoms with Crippen LogP contribution in [0, 0.1) is 5.82 Å². The topological polar surface area (TPSA) is 82.6 Å². The largest absolute Gasteiger partial charge is 0.490 e. The summed E-state index contributed by atoms with van der Waals surface area (Å²) < 4.78 is 30.7. The summed E-state index contributed by atoms with van der Waals surface area (Å²) in [4.78, 5) is 12.9. The van der Waals surface area contributed by atoms with Crippen molar-refractivity contribution in [3.8, 4) is 17.2 Å². The van der Waals surface area contributed by atoms with Gasteiger partial charge in [0, 0.05) is 11.3 Å². The molecule has 0 atom stereocenters. The van der Waals surface area contributed by atoms with Crippen LogP contribution in [0.15, 0.2) is 40.7 Å². The Morgan fingerprint density at radius 1 is 1.00 bits per heavy atom. The summed E-state index contributed by atoms with van der Waals surface area (Å²) in [5.41, 5.74) is 1.33. The number of anilines is 1. The summed E-state index contributed by atoms with van der Waals surface area (Å²) in [5, 5.41) is 11.3. The highest BCUT2D eigenvalue weighted by atomic mass is 32.2. The second-order valence-electron chi connectivity index (χ2n) is 6.34. The predicted molar refractivity (Wildman–Crippen MR) is 124 cm³/mol. The van der Waals surface area contributed by atoms with Crippen LogP contribution in [-0.4, -0.2) is 35.9 Å². The minimum Gasteiger partial charge on any atom is -0.490 e. The fourth-order valence-corrected chi connectivity index (χ4v) is 4.44. The molecule has 1 amide bonds. The molecule has 3 rings (SSSR count). The van der Waals surface area contributed by atoms with Crippen LogP contribution in [0.25, 0.3) is 0 Å². The Morgan fingerprint density at radius 3 is 2.22 bits per heavy atom. The molecule has 1 aromatic heterocycles. The van der Waals surface area contributed by atoms with Crippen LogP contribution in [-0.2, 0) is 5.75 Å². The summed E-state index contributed by atoms with van der Waals surface area (Å²) in [6.45, 7) is 6.86. The second-order valence-corrected chi connectivity index (χ2v) is 8.54. The van der Waals surface area contributed by atoms with E-state index in [0.29, 0.717) is 57.9 Å². The molecule has 0 fully saturated rings. The maximum absolute atomic E-state index is 13.0. The van der Waals surface area contributed by atoms with E-state index in [2.05, 4.69) is 15.5 Å². The van der Waals surface area contributed by atoms with Crippen LogP contribution >= 0.6 is 23.1 Å². The number of carbonyl (C=O) groups excluding carboxylic acids is 1. The number of hydrogen-bond acceptors (Lipinski definition) is 8. The molecule has 0 aliphatic rings. The lowest BCUT2D eigenvalue weighted by Crippen LogP contribution is -2.13. The van der Waals surface area contributed by atoms with Gasteiger partial charge in [0.25, 0.3) is 5.91 Å². The van der Waals surface area contributed by atoms with Crippen LogP contribution < -0.4 is 19.5 Å². The Balaban J connectivity index is 1.71. The molecule has 0 radical (unpaired) electrons. The SMILES string of the molecule is CCOc1cc(C(=O)Nc2nnc(SCc3ccc(F)cc3)s2)cc(OCC)c1OCC. The van der Waals surface area contributed by atoms with Gasteiger partial charge in [-0.3, -0.25) is 10.1 Å². The van der Waals surface area contributed by atoms with E-state index in [1.807, 2.05) is 20.8 Å². The molecule has 3 aromatic rings. The maximum Gasteiger partial charge on any atom is 0.257 e. The van der Waals surface area contributed by atoms with E-state index in [9.17, 15) is 9.18 Å². The fourth-order valence-electron chi connectivity index (χ4n) is 2.73. The van der Waals surface area contributed by atoms with Crippen molar-refractivity contribution in [1.29, 1.82) is 0 Å². The number of carbonyl (C=O) groups is 1. The van der Waals surface area contributed by atoms with Gasteiger partial charge in [-0.05, 0) is 50.6 Å². The van der Waals surface area contributed by atoms with Crippen LogP contribution in [0.3, 0.4) is 0 Å². The Kier molecular flexibility index (Phi) is 8.69. The lowest BCUT2D eigenvalue weighted by atomic mass is 10.1. The molecule has 0 aliphatic carbocycles. The quantitative estimate of drug-likeness (QED) is 0.292. The van der Waals surface area contributed by atoms with E-state index in [4.69, 9.17) is 14.2 Å². The first-order valence-electron chi connectivity index (χ1n) is 10.1. The Morgan fingerprint density at radius 2 is 1.62 bits per heavy atom. The van der Waals surface area contributed by atoms with Gasteiger partial charge < -0.3 is 14.2 Å². The number of aromatic nitrogens is 2. The maximum atomic E-state index is 13.0. The van der Waals surface area contributed by atoms with Gasteiger partial charge in [0.2, 0.25) is 10.9 Å². The van der Waals surface area contributed by atoms with Crippen LogP contribution in [0.5, 0.6) is 17.2 Å². The number of benzene rings is 2. The summed E-state index contributed by atoms with van der Waals surface area (Å²) in [6.07, 6.45) is 0. The zero-order chi connectivity index (χ0) is 22.9. The van der Waals surface area contributed by atoms with E-state index >= 15 is 0 Å². The predicted octanol–water partition coefficient (Wildman–Crippen LogP) is 5.42. The number of thioether (sulfide) groups is 1. The highest BCUT2D eigenvalue weighted by molar-refractivity contribution is 8.00. The molecule has 0 spiro atoms. The molecule has 0 saturated carbocycles. The van der Waals surface area contributed by atoms with Gasteiger partial charge in [-0.15, -0.1) is 10.2 Å². The molecule has 2 aromatic carbocycles. The van der Waals surface area contributed by atoms with Crippen LogP contribution in [0.1, 0.15) is 36.7 Å². The van der Waals surface area contributed by atoms with E-state index in [0.717, 1.165) is 5.56 Å². The number of ether oxygens (including phenoxy) is 3. The third-order valence-electron chi connectivity index (χ3n) is 4.07. The normalized spacial score (nSPS) is 10.6. The lowest BCUT2D eigenvalue weighted by molar-refractivity contribution is 0.102. The van der Waals surface area contributed by atoms with E-state index in [1.54, 1.807) is 24.3 Å². The third kappa shape index (κ3) is 6.33. The van der Waals surface area contributed by atoms with E-state index in [1.165, 1.54) is 35.2 Å². The molecule has 10 heteroatoms. The first-order chi connectivity index (χ1) is 15.5. The number of hydrogen-bond donors (Lipinski definition) is 1. The molecule has 0 unspecified atom stereocenters. The molecular weight excluding hydrogens is 453 g/mol. The van der Waals surface area contributed by atoms with Crippen molar-refractivity contribution in [1.82, 2.24) is 10.2 Å². The van der Waals surface area contributed by atoms with E-state index in [-0.39, 0.29) is 11.7 Å². The van der Waals surface area contributed by atoms with Crippen molar-refractivity contribution in [2.75, 3.05) is 25.1 Å². The molecule has 170 valence electrons. The number of halogens is 1. The van der Waals surface area contributed by atoms with Gasteiger partial charge in [-0.1, -0.05) is 35.2 Å². The van der Waals surface area contributed by atoms with Crippen molar-refractivity contribution >= 4 is 34.1 Å². The Bertz CT molecular complexity index is 1020. The molecule has 0 saturated heterocycles. The number of amides is 1. The van der Waals surface area contributed by atoms with Crippen molar-refractivity contribution < 1.29 is 23.4 Å². The van der Waals surface area contributed by atoms with Gasteiger partial charge in [0.1, 0.15) is 5.82 Å².